The fourth-order valence-electron chi connectivity index (χ4n) is 4.19. The van der Waals surface area contributed by atoms with E-state index in [0.717, 1.165) is 50.9 Å². The molecule has 1 aromatic carbocycles. The SMILES string of the molecule is CC1CN(Cc2ccc(CN=C(N)N3CCN(c4nccs4)CC3)cc2)CC(C)O1. The molecule has 2 saturated heterocycles. The number of anilines is 1. The zero-order chi connectivity index (χ0) is 20.9. The standard InChI is InChI=1S/C22H32N6OS/c1-17-14-26(15-18(2)29-17)16-20-5-3-19(4-6-20)13-25-21(23)27-8-10-28(11-9-27)22-24-7-12-30-22/h3-7,12,17-18H,8-11,13-16H2,1-2H3,(H2,23,25). The summed E-state index contributed by atoms with van der Waals surface area (Å²) in [6.45, 7) is 11.5. The first kappa shape index (κ1) is 21.1. The van der Waals surface area contributed by atoms with Crippen LogP contribution in [0.5, 0.6) is 0 Å². The molecule has 7 nitrogen and oxygen atoms in total. The Morgan fingerprint density at radius 2 is 1.77 bits per heavy atom. The van der Waals surface area contributed by atoms with E-state index in [1.54, 1.807) is 11.3 Å². The monoisotopic (exact) mass is 428 g/mol. The van der Waals surface area contributed by atoms with Crippen molar-refractivity contribution in [1.29, 1.82) is 0 Å². The number of nitrogens with two attached hydrogens (primary N) is 1. The first-order valence-corrected chi connectivity index (χ1v) is 11.6. The van der Waals surface area contributed by atoms with Crippen LogP contribution in [0.3, 0.4) is 0 Å². The van der Waals surface area contributed by atoms with Crippen LogP contribution in [0.1, 0.15) is 25.0 Å². The summed E-state index contributed by atoms with van der Waals surface area (Å²) in [5.74, 6) is 0.633. The number of hydrogen-bond donors (Lipinski definition) is 1. The summed E-state index contributed by atoms with van der Waals surface area (Å²) in [7, 11) is 0. The van der Waals surface area contributed by atoms with Gasteiger partial charge in [-0.25, -0.2) is 9.98 Å². The predicted octanol–water partition coefficient (Wildman–Crippen LogP) is 2.39. The summed E-state index contributed by atoms with van der Waals surface area (Å²) in [5, 5.41) is 3.11. The van der Waals surface area contributed by atoms with Gasteiger partial charge in [-0.3, -0.25) is 4.90 Å². The maximum Gasteiger partial charge on any atom is 0.191 e. The highest BCUT2D eigenvalue weighted by Gasteiger charge is 2.22. The van der Waals surface area contributed by atoms with Crippen molar-refractivity contribution in [3.8, 4) is 0 Å². The van der Waals surface area contributed by atoms with E-state index < -0.39 is 0 Å². The second-order valence-electron chi connectivity index (χ2n) is 8.23. The fraction of sp³-hybridized carbons (Fsp3) is 0.545. The lowest BCUT2D eigenvalue weighted by atomic mass is 10.1. The largest absolute Gasteiger partial charge is 0.373 e. The quantitative estimate of drug-likeness (QED) is 0.583. The molecule has 0 amide bonds. The molecule has 2 aliphatic rings. The van der Waals surface area contributed by atoms with Gasteiger partial charge in [0.1, 0.15) is 0 Å². The van der Waals surface area contributed by atoms with Crippen LogP contribution in [-0.2, 0) is 17.8 Å². The van der Waals surface area contributed by atoms with E-state index in [1.165, 1.54) is 11.1 Å². The molecule has 2 unspecified atom stereocenters. The minimum absolute atomic E-state index is 0.300. The van der Waals surface area contributed by atoms with E-state index in [9.17, 15) is 0 Å². The average molecular weight is 429 g/mol. The number of piperazine rings is 1. The van der Waals surface area contributed by atoms with Crippen molar-refractivity contribution >= 4 is 22.4 Å². The normalized spacial score (nSPS) is 23.7. The molecular weight excluding hydrogens is 396 g/mol. The number of rotatable bonds is 5. The van der Waals surface area contributed by atoms with Gasteiger partial charge in [0.15, 0.2) is 11.1 Å². The molecule has 0 saturated carbocycles. The van der Waals surface area contributed by atoms with Crippen LogP contribution >= 0.6 is 11.3 Å². The number of hydrogen-bond acceptors (Lipinski definition) is 6. The van der Waals surface area contributed by atoms with Gasteiger partial charge >= 0.3 is 0 Å². The summed E-state index contributed by atoms with van der Waals surface area (Å²) in [6.07, 6.45) is 2.46. The van der Waals surface area contributed by atoms with Crippen LogP contribution in [0.25, 0.3) is 0 Å². The topological polar surface area (TPSA) is 70.2 Å². The molecule has 0 radical (unpaired) electrons. The molecule has 2 N–H and O–H groups in total. The zero-order valence-corrected chi connectivity index (χ0v) is 18.7. The van der Waals surface area contributed by atoms with E-state index in [2.05, 4.69) is 62.8 Å². The van der Waals surface area contributed by atoms with E-state index in [0.29, 0.717) is 24.7 Å². The predicted molar refractivity (Wildman–Crippen MR) is 123 cm³/mol. The number of guanidine groups is 1. The average Bonchev–Trinajstić information content (AvgIpc) is 3.27. The highest BCUT2D eigenvalue weighted by atomic mass is 32.1. The third kappa shape index (κ3) is 5.50. The lowest BCUT2D eigenvalue weighted by Gasteiger charge is -2.35. The Kier molecular flexibility index (Phi) is 6.86. The second-order valence-corrected chi connectivity index (χ2v) is 9.10. The van der Waals surface area contributed by atoms with Gasteiger partial charge < -0.3 is 20.3 Å². The molecule has 0 aliphatic carbocycles. The van der Waals surface area contributed by atoms with Crippen LogP contribution in [0, 0.1) is 0 Å². The molecule has 4 rings (SSSR count). The second kappa shape index (κ2) is 9.76. The molecule has 2 fully saturated rings. The highest BCUT2D eigenvalue weighted by molar-refractivity contribution is 7.13. The first-order valence-electron chi connectivity index (χ1n) is 10.7. The number of ether oxygens (including phenoxy) is 1. The van der Waals surface area contributed by atoms with Crippen LogP contribution in [0.4, 0.5) is 5.13 Å². The van der Waals surface area contributed by atoms with Crippen molar-refractivity contribution < 1.29 is 4.74 Å². The maximum atomic E-state index is 6.27. The molecule has 30 heavy (non-hydrogen) atoms. The first-order chi connectivity index (χ1) is 14.6. The minimum atomic E-state index is 0.300. The van der Waals surface area contributed by atoms with Crippen LogP contribution in [-0.4, -0.2) is 72.2 Å². The lowest BCUT2D eigenvalue weighted by Crippen LogP contribution is -2.51. The van der Waals surface area contributed by atoms with Gasteiger partial charge in [-0.2, -0.15) is 0 Å². The molecular formula is C22H32N6OS. The number of aliphatic imine (C=N–C) groups is 1. The van der Waals surface area contributed by atoms with Gasteiger partial charge in [0.2, 0.25) is 0 Å². The third-order valence-electron chi connectivity index (χ3n) is 5.64. The minimum Gasteiger partial charge on any atom is -0.373 e. The van der Waals surface area contributed by atoms with Crippen LogP contribution in [0.15, 0.2) is 40.8 Å². The molecule has 1 aromatic heterocycles. The van der Waals surface area contributed by atoms with Gasteiger partial charge in [0.05, 0.1) is 18.8 Å². The molecule has 0 bridgehead atoms. The summed E-state index contributed by atoms with van der Waals surface area (Å²) in [4.78, 5) is 16.0. The zero-order valence-electron chi connectivity index (χ0n) is 17.9. The maximum absolute atomic E-state index is 6.27. The number of aromatic nitrogens is 1. The van der Waals surface area contributed by atoms with Crippen LogP contribution in [0.2, 0.25) is 0 Å². The Balaban J connectivity index is 1.25. The number of benzene rings is 1. The molecule has 0 spiro atoms. The van der Waals surface area contributed by atoms with E-state index in [1.807, 2.05) is 11.6 Å². The smallest absolute Gasteiger partial charge is 0.191 e. The Labute approximate surface area is 183 Å². The summed E-state index contributed by atoms with van der Waals surface area (Å²) < 4.78 is 5.82. The summed E-state index contributed by atoms with van der Waals surface area (Å²) in [5.41, 5.74) is 8.78. The molecule has 2 atom stereocenters. The van der Waals surface area contributed by atoms with Gasteiger partial charge in [-0.15, -0.1) is 11.3 Å². The Morgan fingerprint density at radius 3 is 2.40 bits per heavy atom. The van der Waals surface area contributed by atoms with Crippen molar-refractivity contribution in [1.82, 2.24) is 14.8 Å². The van der Waals surface area contributed by atoms with Crippen molar-refractivity contribution in [3.63, 3.8) is 0 Å². The van der Waals surface area contributed by atoms with Crippen molar-refractivity contribution in [3.05, 3.63) is 47.0 Å². The third-order valence-corrected chi connectivity index (χ3v) is 6.47. The summed E-state index contributed by atoms with van der Waals surface area (Å²) >= 11 is 1.68. The van der Waals surface area contributed by atoms with Gasteiger partial charge in [-0.1, -0.05) is 24.3 Å². The Morgan fingerprint density at radius 1 is 1.10 bits per heavy atom. The molecule has 2 aliphatic heterocycles. The van der Waals surface area contributed by atoms with Gasteiger partial charge in [-0.05, 0) is 25.0 Å². The molecule has 3 heterocycles. The Bertz CT molecular complexity index is 807. The Hall–Kier alpha value is -2.16. The van der Waals surface area contributed by atoms with Crippen molar-refractivity contribution in [2.75, 3.05) is 44.2 Å². The number of nitrogens with zero attached hydrogens (tertiary/aromatic N) is 5. The van der Waals surface area contributed by atoms with E-state index in [-0.39, 0.29) is 0 Å². The van der Waals surface area contributed by atoms with E-state index in [4.69, 9.17) is 10.5 Å². The fourth-order valence-corrected chi connectivity index (χ4v) is 4.89. The highest BCUT2D eigenvalue weighted by Crippen LogP contribution is 2.19. The number of thiazole rings is 1. The summed E-state index contributed by atoms with van der Waals surface area (Å²) in [6, 6.07) is 8.75. The van der Waals surface area contributed by atoms with Crippen molar-refractivity contribution in [2.24, 2.45) is 10.7 Å². The van der Waals surface area contributed by atoms with E-state index >= 15 is 0 Å². The molecule has 162 valence electrons. The molecule has 8 heteroatoms. The lowest BCUT2D eigenvalue weighted by molar-refractivity contribution is -0.0704. The molecule has 2 aromatic rings. The van der Waals surface area contributed by atoms with Gasteiger partial charge in [0, 0.05) is 57.4 Å². The number of morpholine rings is 1. The van der Waals surface area contributed by atoms with Crippen molar-refractivity contribution in [2.45, 2.75) is 39.1 Å². The van der Waals surface area contributed by atoms with Crippen LogP contribution < -0.4 is 10.6 Å². The van der Waals surface area contributed by atoms with Gasteiger partial charge in [0.25, 0.3) is 0 Å².